The van der Waals surface area contributed by atoms with E-state index in [-0.39, 0.29) is 25.9 Å². The second kappa shape index (κ2) is 7.49. The van der Waals surface area contributed by atoms with Crippen molar-refractivity contribution in [2.45, 2.75) is 45.4 Å². The number of alkyl halides is 3. The molecule has 7 nitrogen and oxygen atoms in total. The highest BCUT2D eigenvalue weighted by Crippen LogP contribution is 2.33. The van der Waals surface area contributed by atoms with Crippen molar-refractivity contribution in [3.8, 4) is 0 Å². The number of carbonyl (C=O) groups excluding carboxylic acids is 3. The van der Waals surface area contributed by atoms with Crippen LogP contribution in [0.5, 0.6) is 0 Å². The number of hydrogen-bond acceptors (Lipinski definition) is 5. The van der Waals surface area contributed by atoms with Crippen LogP contribution in [0.2, 0.25) is 0 Å². The molecule has 0 radical (unpaired) electrons. The zero-order chi connectivity index (χ0) is 19.5. The topological polar surface area (TPSA) is 84.9 Å². The average Bonchev–Trinajstić information content (AvgIpc) is 2.49. The van der Waals surface area contributed by atoms with Crippen LogP contribution in [0.3, 0.4) is 0 Å². The smallest absolute Gasteiger partial charge is 0.469 e. The summed E-state index contributed by atoms with van der Waals surface area (Å²) < 4.78 is 46.9. The van der Waals surface area contributed by atoms with Gasteiger partial charge in [-0.25, -0.2) is 4.79 Å². The SMILES string of the molecule is COC(=O)C1(CNC(=O)C(F)(F)F)CCN(C(=O)OC(C)(C)C)CC1. The van der Waals surface area contributed by atoms with Gasteiger partial charge in [-0.15, -0.1) is 0 Å². The monoisotopic (exact) mass is 368 g/mol. The number of methoxy groups -OCH3 is 1. The van der Waals surface area contributed by atoms with Gasteiger partial charge >= 0.3 is 24.1 Å². The first kappa shape index (κ1) is 21.0. The van der Waals surface area contributed by atoms with E-state index in [1.165, 1.54) is 4.90 Å². The van der Waals surface area contributed by atoms with E-state index in [4.69, 9.17) is 4.74 Å². The molecule has 25 heavy (non-hydrogen) atoms. The van der Waals surface area contributed by atoms with Crippen molar-refractivity contribution in [2.24, 2.45) is 5.41 Å². The Kier molecular flexibility index (Phi) is 6.30. The van der Waals surface area contributed by atoms with Gasteiger partial charge in [-0.2, -0.15) is 13.2 Å². The molecule has 0 aromatic heterocycles. The minimum absolute atomic E-state index is 0.0526. The lowest BCUT2D eigenvalue weighted by atomic mass is 9.78. The number of esters is 1. The Morgan fingerprint density at radius 3 is 2.04 bits per heavy atom. The first-order valence-corrected chi connectivity index (χ1v) is 7.72. The molecule has 0 spiro atoms. The van der Waals surface area contributed by atoms with Crippen molar-refractivity contribution in [1.82, 2.24) is 10.2 Å². The van der Waals surface area contributed by atoms with Crippen LogP contribution in [0.15, 0.2) is 0 Å². The van der Waals surface area contributed by atoms with Crippen LogP contribution < -0.4 is 5.32 Å². The van der Waals surface area contributed by atoms with Crippen molar-refractivity contribution in [3.63, 3.8) is 0 Å². The minimum atomic E-state index is -5.03. The zero-order valence-electron chi connectivity index (χ0n) is 14.7. The molecule has 0 saturated carbocycles. The number of likely N-dealkylation sites (tertiary alicyclic amines) is 1. The molecule has 0 aromatic rings. The summed E-state index contributed by atoms with van der Waals surface area (Å²) in [5.41, 5.74) is -2.00. The molecule has 1 fully saturated rings. The van der Waals surface area contributed by atoms with Crippen LogP contribution in [0.25, 0.3) is 0 Å². The fraction of sp³-hybridized carbons (Fsp3) is 0.800. The first-order chi connectivity index (χ1) is 11.3. The molecule has 2 amide bonds. The summed E-state index contributed by atoms with van der Waals surface area (Å²) in [6, 6.07) is 0. The maximum atomic E-state index is 12.3. The third-order valence-corrected chi connectivity index (χ3v) is 3.84. The summed E-state index contributed by atoms with van der Waals surface area (Å²) in [6.07, 6.45) is -5.49. The molecule has 0 atom stereocenters. The van der Waals surface area contributed by atoms with Crippen LogP contribution in [0.4, 0.5) is 18.0 Å². The Balaban J connectivity index is 2.76. The molecule has 0 unspecified atom stereocenters. The predicted molar refractivity (Wildman–Crippen MR) is 80.6 cm³/mol. The third kappa shape index (κ3) is 5.79. The second-order valence-electron chi connectivity index (χ2n) is 6.92. The van der Waals surface area contributed by atoms with E-state index in [9.17, 15) is 27.6 Å². The van der Waals surface area contributed by atoms with Crippen LogP contribution >= 0.6 is 0 Å². The maximum absolute atomic E-state index is 12.3. The Morgan fingerprint density at radius 2 is 1.64 bits per heavy atom. The van der Waals surface area contributed by atoms with Gasteiger partial charge in [0.15, 0.2) is 0 Å². The zero-order valence-corrected chi connectivity index (χ0v) is 14.7. The van der Waals surface area contributed by atoms with Crippen LogP contribution in [0, 0.1) is 5.41 Å². The Bertz CT molecular complexity index is 520. The summed E-state index contributed by atoms with van der Waals surface area (Å²) in [6.45, 7) is 4.82. The van der Waals surface area contributed by atoms with E-state index < -0.39 is 41.7 Å². The fourth-order valence-corrected chi connectivity index (χ4v) is 2.46. The van der Waals surface area contributed by atoms with Gasteiger partial charge < -0.3 is 19.7 Å². The van der Waals surface area contributed by atoms with E-state index in [1.807, 2.05) is 0 Å². The molecular formula is C15H23F3N2O5. The van der Waals surface area contributed by atoms with Crippen molar-refractivity contribution in [3.05, 3.63) is 0 Å². The normalized spacial score (nSPS) is 17.6. The highest BCUT2D eigenvalue weighted by Gasteiger charge is 2.46. The van der Waals surface area contributed by atoms with Gasteiger partial charge in [0.05, 0.1) is 12.5 Å². The molecule has 10 heteroatoms. The lowest BCUT2D eigenvalue weighted by Crippen LogP contribution is -2.53. The van der Waals surface area contributed by atoms with Crippen LogP contribution in [0.1, 0.15) is 33.6 Å². The third-order valence-electron chi connectivity index (χ3n) is 3.84. The molecule has 0 bridgehead atoms. The number of hydrogen-bond donors (Lipinski definition) is 1. The van der Waals surface area contributed by atoms with Gasteiger partial charge in [-0.05, 0) is 33.6 Å². The second-order valence-corrected chi connectivity index (χ2v) is 6.92. The minimum Gasteiger partial charge on any atom is -0.469 e. The molecule has 1 N–H and O–H groups in total. The summed E-state index contributed by atoms with van der Waals surface area (Å²) >= 11 is 0. The van der Waals surface area contributed by atoms with E-state index >= 15 is 0 Å². The molecule has 1 saturated heterocycles. The lowest BCUT2D eigenvalue weighted by molar-refractivity contribution is -0.175. The van der Waals surface area contributed by atoms with Crippen LogP contribution in [-0.2, 0) is 19.1 Å². The summed E-state index contributed by atoms with van der Waals surface area (Å²) in [5, 5.41) is 1.73. The lowest BCUT2D eigenvalue weighted by Gasteiger charge is -2.39. The van der Waals surface area contributed by atoms with Crippen LogP contribution in [-0.4, -0.2) is 61.4 Å². The quantitative estimate of drug-likeness (QED) is 0.769. The molecule has 1 rings (SSSR count). The standard InChI is InChI=1S/C15H23F3N2O5/c1-13(2,3)25-12(23)20-7-5-14(6-8-20,11(22)24-4)9-19-10(21)15(16,17)18/h5-9H2,1-4H3,(H,19,21). The van der Waals surface area contributed by atoms with Gasteiger partial charge in [0.2, 0.25) is 0 Å². The number of amides is 2. The molecular weight excluding hydrogens is 345 g/mol. The summed E-state index contributed by atoms with van der Waals surface area (Å²) in [7, 11) is 1.12. The van der Waals surface area contributed by atoms with Crippen molar-refractivity contribution in [1.29, 1.82) is 0 Å². The number of rotatable bonds is 3. The van der Waals surface area contributed by atoms with Crippen molar-refractivity contribution < 1.29 is 37.0 Å². The number of nitrogens with one attached hydrogen (secondary N) is 1. The van der Waals surface area contributed by atoms with E-state index in [0.29, 0.717) is 0 Å². The van der Waals surface area contributed by atoms with Gasteiger partial charge in [0.1, 0.15) is 5.60 Å². The summed E-state index contributed by atoms with van der Waals surface area (Å²) in [4.78, 5) is 36.5. The Morgan fingerprint density at radius 1 is 1.12 bits per heavy atom. The number of ether oxygens (including phenoxy) is 2. The molecule has 0 aliphatic carbocycles. The van der Waals surface area contributed by atoms with E-state index in [0.717, 1.165) is 7.11 Å². The number of piperidine rings is 1. The Labute approximate surface area is 143 Å². The predicted octanol–water partition coefficient (Wildman–Crippen LogP) is 1.86. The average molecular weight is 368 g/mol. The molecule has 1 heterocycles. The maximum Gasteiger partial charge on any atom is 0.471 e. The molecule has 0 aromatic carbocycles. The van der Waals surface area contributed by atoms with Crippen molar-refractivity contribution >= 4 is 18.0 Å². The van der Waals surface area contributed by atoms with Gasteiger partial charge in [-0.3, -0.25) is 9.59 Å². The first-order valence-electron chi connectivity index (χ1n) is 7.72. The van der Waals surface area contributed by atoms with Gasteiger partial charge in [0.25, 0.3) is 0 Å². The number of nitrogens with zero attached hydrogens (tertiary/aromatic N) is 1. The van der Waals surface area contributed by atoms with Gasteiger partial charge in [0, 0.05) is 19.6 Å². The highest BCUT2D eigenvalue weighted by atomic mass is 19.4. The molecule has 144 valence electrons. The highest BCUT2D eigenvalue weighted by molar-refractivity contribution is 5.83. The number of carbonyl (C=O) groups is 3. The summed E-state index contributed by atoms with van der Waals surface area (Å²) in [5.74, 6) is -2.84. The Hall–Kier alpha value is -2.00. The van der Waals surface area contributed by atoms with E-state index in [2.05, 4.69) is 4.74 Å². The van der Waals surface area contributed by atoms with Gasteiger partial charge in [-0.1, -0.05) is 0 Å². The van der Waals surface area contributed by atoms with Crippen molar-refractivity contribution in [2.75, 3.05) is 26.7 Å². The van der Waals surface area contributed by atoms with E-state index in [1.54, 1.807) is 26.1 Å². The molecule has 1 aliphatic heterocycles. The fourth-order valence-electron chi connectivity index (χ4n) is 2.46. The largest absolute Gasteiger partial charge is 0.471 e. The number of halogens is 3. The molecule has 1 aliphatic rings.